The molecule has 0 amide bonds. The first-order chi connectivity index (χ1) is 8.43. The van der Waals surface area contributed by atoms with Crippen LogP contribution >= 0.6 is 0 Å². The normalized spacial score (nSPS) is 17.5. The molecule has 0 bridgehead atoms. The van der Waals surface area contributed by atoms with Crippen LogP contribution in [0.4, 0.5) is 0 Å². The Balaban J connectivity index is 1.75. The molecule has 1 N–H and O–H groups in total. The number of piperazine rings is 1. The molecule has 1 saturated heterocycles. The Hall–Kier alpha value is -0.160. The highest BCUT2D eigenvalue weighted by atomic mass is 16.5. The number of ether oxygens (including phenoxy) is 2. The number of hydrogen-bond donors (Lipinski definition) is 1. The van der Waals surface area contributed by atoms with Crippen molar-refractivity contribution in [2.24, 2.45) is 0 Å². The molecule has 1 aliphatic heterocycles. The second-order valence-corrected chi connectivity index (χ2v) is 4.52. The molecule has 0 aliphatic carbocycles. The van der Waals surface area contributed by atoms with Gasteiger partial charge in [0.05, 0.1) is 19.8 Å². The van der Waals surface area contributed by atoms with Gasteiger partial charge in [-0.2, -0.15) is 0 Å². The van der Waals surface area contributed by atoms with Crippen molar-refractivity contribution in [3.05, 3.63) is 0 Å². The van der Waals surface area contributed by atoms with Crippen LogP contribution in [0.5, 0.6) is 0 Å². The van der Waals surface area contributed by atoms with Crippen LogP contribution in [0.2, 0.25) is 0 Å². The van der Waals surface area contributed by atoms with Gasteiger partial charge in [0, 0.05) is 39.3 Å². The van der Waals surface area contributed by atoms with Gasteiger partial charge in [-0.1, -0.05) is 19.8 Å². The van der Waals surface area contributed by atoms with Gasteiger partial charge in [0.25, 0.3) is 0 Å². The minimum absolute atomic E-state index is 0.734. The van der Waals surface area contributed by atoms with Crippen LogP contribution in [0.15, 0.2) is 0 Å². The van der Waals surface area contributed by atoms with Gasteiger partial charge in [-0.3, -0.25) is 4.90 Å². The summed E-state index contributed by atoms with van der Waals surface area (Å²) in [6.45, 7) is 11.0. The molecule has 1 aliphatic rings. The van der Waals surface area contributed by atoms with Gasteiger partial charge in [0.15, 0.2) is 0 Å². The smallest absolute Gasteiger partial charge is 0.0701 e. The van der Waals surface area contributed by atoms with Gasteiger partial charge in [0.1, 0.15) is 0 Å². The van der Waals surface area contributed by atoms with Crippen molar-refractivity contribution in [1.82, 2.24) is 10.2 Å². The largest absolute Gasteiger partial charge is 0.379 e. The van der Waals surface area contributed by atoms with E-state index >= 15 is 0 Å². The lowest BCUT2D eigenvalue weighted by Gasteiger charge is -2.26. The van der Waals surface area contributed by atoms with E-state index in [1.54, 1.807) is 0 Å². The van der Waals surface area contributed by atoms with Crippen LogP contribution in [0, 0.1) is 0 Å². The third kappa shape index (κ3) is 8.55. The van der Waals surface area contributed by atoms with E-state index < -0.39 is 0 Å². The van der Waals surface area contributed by atoms with Crippen molar-refractivity contribution in [2.45, 2.75) is 26.2 Å². The molecule has 102 valence electrons. The summed E-state index contributed by atoms with van der Waals surface area (Å²) >= 11 is 0. The van der Waals surface area contributed by atoms with E-state index in [9.17, 15) is 0 Å². The predicted molar refractivity (Wildman–Crippen MR) is 70.5 cm³/mol. The zero-order valence-corrected chi connectivity index (χ0v) is 11.2. The fourth-order valence-corrected chi connectivity index (χ4v) is 1.90. The van der Waals surface area contributed by atoms with E-state index in [1.807, 2.05) is 0 Å². The lowest BCUT2D eigenvalue weighted by molar-refractivity contribution is 0.0363. The Morgan fingerprint density at radius 2 is 1.65 bits per heavy atom. The number of nitrogens with zero attached hydrogens (tertiary/aromatic N) is 1. The highest BCUT2D eigenvalue weighted by Crippen LogP contribution is 1.94. The third-order valence-electron chi connectivity index (χ3n) is 3.03. The maximum Gasteiger partial charge on any atom is 0.0701 e. The monoisotopic (exact) mass is 244 g/mol. The Kier molecular flexibility index (Phi) is 9.61. The highest BCUT2D eigenvalue weighted by molar-refractivity contribution is 4.66. The lowest BCUT2D eigenvalue weighted by atomic mass is 10.3. The summed E-state index contributed by atoms with van der Waals surface area (Å²) in [5.41, 5.74) is 0. The SMILES string of the molecule is CCCCCOCCOCCN1CCNCC1. The van der Waals surface area contributed by atoms with Crippen molar-refractivity contribution < 1.29 is 9.47 Å². The van der Waals surface area contributed by atoms with E-state index in [0.29, 0.717) is 0 Å². The van der Waals surface area contributed by atoms with E-state index in [1.165, 1.54) is 19.3 Å². The molecule has 1 heterocycles. The summed E-state index contributed by atoms with van der Waals surface area (Å²) in [5, 5.41) is 3.35. The van der Waals surface area contributed by atoms with Crippen LogP contribution in [0.3, 0.4) is 0 Å². The Bertz CT molecular complexity index is 161. The molecule has 0 spiro atoms. The van der Waals surface area contributed by atoms with Gasteiger partial charge in [-0.15, -0.1) is 0 Å². The minimum atomic E-state index is 0.734. The van der Waals surface area contributed by atoms with Gasteiger partial charge < -0.3 is 14.8 Å². The van der Waals surface area contributed by atoms with Crippen molar-refractivity contribution >= 4 is 0 Å². The van der Waals surface area contributed by atoms with Crippen LogP contribution < -0.4 is 5.32 Å². The standard InChI is InChI=1S/C13H28N2O2/c1-2-3-4-10-16-12-13-17-11-9-15-7-5-14-6-8-15/h14H,2-13H2,1H3. The van der Waals surface area contributed by atoms with Crippen LogP contribution in [-0.2, 0) is 9.47 Å². The molecule has 0 aromatic rings. The predicted octanol–water partition coefficient (Wildman–Crippen LogP) is 1.12. The van der Waals surface area contributed by atoms with E-state index in [0.717, 1.165) is 59.2 Å². The molecule has 0 radical (unpaired) electrons. The molecule has 0 unspecified atom stereocenters. The van der Waals surface area contributed by atoms with Crippen LogP contribution in [-0.4, -0.2) is 64.1 Å². The molecule has 4 heteroatoms. The minimum Gasteiger partial charge on any atom is -0.379 e. The summed E-state index contributed by atoms with van der Waals surface area (Å²) in [4.78, 5) is 2.44. The van der Waals surface area contributed by atoms with Crippen LogP contribution in [0.25, 0.3) is 0 Å². The number of nitrogens with one attached hydrogen (secondary N) is 1. The van der Waals surface area contributed by atoms with E-state index in [2.05, 4.69) is 17.1 Å². The molecule has 4 nitrogen and oxygen atoms in total. The topological polar surface area (TPSA) is 33.7 Å². The molecule has 17 heavy (non-hydrogen) atoms. The molecular weight excluding hydrogens is 216 g/mol. The fourth-order valence-electron chi connectivity index (χ4n) is 1.90. The van der Waals surface area contributed by atoms with Gasteiger partial charge in [-0.05, 0) is 6.42 Å². The summed E-state index contributed by atoms with van der Waals surface area (Å²) < 4.78 is 11.0. The lowest BCUT2D eigenvalue weighted by Crippen LogP contribution is -2.44. The fraction of sp³-hybridized carbons (Fsp3) is 1.00. The summed E-state index contributed by atoms with van der Waals surface area (Å²) in [6.07, 6.45) is 3.70. The molecule has 0 aromatic heterocycles. The zero-order valence-electron chi connectivity index (χ0n) is 11.2. The first kappa shape index (κ1) is 14.9. The van der Waals surface area contributed by atoms with Gasteiger partial charge in [-0.25, -0.2) is 0 Å². The number of unbranched alkanes of at least 4 members (excludes halogenated alkanes) is 2. The van der Waals surface area contributed by atoms with Gasteiger partial charge >= 0.3 is 0 Å². The highest BCUT2D eigenvalue weighted by Gasteiger charge is 2.07. The first-order valence-electron chi connectivity index (χ1n) is 7.02. The summed E-state index contributed by atoms with van der Waals surface area (Å²) in [7, 11) is 0. The second kappa shape index (κ2) is 11.0. The van der Waals surface area contributed by atoms with Crippen molar-refractivity contribution in [3.63, 3.8) is 0 Å². The first-order valence-corrected chi connectivity index (χ1v) is 7.02. The average Bonchev–Trinajstić information content (AvgIpc) is 2.38. The third-order valence-corrected chi connectivity index (χ3v) is 3.03. The Labute approximate surface area is 106 Å². The molecule has 1 fully saturated rings. The van der Waals surface area contributed by atoms with E-state index in [4.69, 9.17) is 9.47 Å². The molecule has 0 saturated carbocycles. The molecule has 0 aromatic carbocycles. The summed E-state index contributed by atoms with van der Waals surface area (Å²) in [6, 6.07) is 0. The maximum atomic E-state index is 5.56. The molecule has 0 atom stereocenters. The average molecular weight is 244 g/mol. The maximum absolute atomic E-state index is 5.56. The quantitative estimate of drug-likeness (QED) is 0.584. The summed E-state index contributed by atoms with van der Waals surface area (Å²) in [5.74, 6) is 0. The second-order valence-electron chi connectivity index (χ2n) is 4.52. The van der Waals surface area contributed by atoms with Crippen molar-refractivity contribution in [1.29, 1.82) is 0 Å². The zero-order chi connectivity index (χ0) is 12.2. The Morgan fingerprint density at radius 1 is 0.941 bits per heavy atom. The van der Waals surface area contributed by atoms with Crippen molar-refractivity contribution in [3.8, 4) is 0 Å². The number of hydrogen-bond acceptors (Lipinski definition) is 4. The van der Waals surface area contributed by atoms with E-state index in [-0.39, 0.29) is 0 Å². The molecular formula is C13H28N2O2. The van der Waals surface area contributed by atoms with Gasteiger partial charge in [0.2, 0.25) is 0 Å². The van der Waals surface area contributed by atoms with Crippen molar-refractivity contribution in [2.75, 3.05) is 59.2 Å². The molecule has 1 rings (SSSR count). The Morgan fingerprint density at radius 3 is 2.35 bits per heavy atom. The van der Waals surface area contributed by atoms with Crippen LogP contribution in [0.1, 0.15) is 26.2 Å². The number of rotatable bonds is 10.